The number of nitrogens with zero attached hydrogens (tertiary/aromatic N) is 1. The molecule has 0 aliphatic rings. The van der Waals surface area contributed by atoms with Crippen LogP contribution in [-0.4, -0.2) is 22.2 Å². The van der Waals surface area contributed by atoms with Crippen LogP contribution < -0.4 is 10.1 Å². The number of anilines is 1. The molecular formula is C10H12N4OS. The van der Waals surface area contributed by atoms with Crippen molar-refractivity contribution in [2.75, 3.05) is 12.4 Å². The maximum absolute atomic E-state index is 5.55. The molecule has 1 aromatic heterocycles. The van der Waals surface area contributed by atoms with Gasteiger partial charge < -0.3 is 15.0 Å². The number of nitrogens with one attached hydrogen (secondary N) is 3. The lowest BCUT2D eigenvalue weighted by Gasteiger charge is -2.05. The Hall–Kier alpha value is -1.82. The van der Waals surface area contributed by atoms with Crippen LogP contribution in [0.3, 0.4) is 0 Å². The average molecular weight is 236 g/mol. The molecule has 1 heterocycles. The van der Waals surface area contributed by atoms with Gasteiger partial charge in [-0.3, -0.25) is 5.10 Å². The van der Waals surface area contributed by atoms with Crippen LogP contribution in [0.15, 0.2) is 24.3 Å². The lowest BCUT2D eigenvalue weighted by atomic mass is 10.3. The second-order valence-electron chi connectivity index (χ2n) is 3.19. The molecule has 0 amide bonds. The third-order valence-corrected chi connectivity index (χ3v) is 2.24. The zero-order chi connectivity index (χ0) is 11.4. The smallest absolute Gasteiger partial charge is 0.192 e. The highest BCUT2D eigenvalue weighted by molar-refractivity contribution is 7.71. The highest BCUT2D eigenvalue weighted by Crippen LogP contribution is 2.17. The molecule has 3 N–H and O–H groups in total. The van der Waals surface area contributed by atoms with Crippen LogP contribution in [-0.2, 0) is 6.61 Å². The number of aromatic amines is 2. The first-order valence-corrected chi connectivity index (χ1v) is 5.23. The van der Waals surface area contributed by atoms with Gasteiger partial charge in [0.1, 0.15) is 12.4 Å². The van der Waals surface area contributed by atoms with Crippen LogP contribution in [0.1, 0.15) is 5.82 Å². The minimum Gasteiger partial charge on any atom is -0.486 e. The van der Waals surface area contributed by atoms with Gasteiger partial charge in [0.2, 0.25) is 0 Å². The van der Waals surface area contributed by atoms with Crippen molar-refractivity contribution in [2.45, 2.75) is 6.61 Å². The van der Waals surface area contributed by atoms with Crippen LogP contribution in [0.5, 0.6) is 5.75 Å². The second kappa shape index (κ2) is 4.80. The lowest BCUT2D eigenvalue weighted by Crippen LogP contribution is -1.98. The molecule has 0 aliphatic carbocycles. The van der Waals surface area contributed by atoms with Gasteiger partial charge in [0, 0.05) is 18.8 Å². The number of hydrogen-bond acceptors (Lipinski definition) is 4. The Bertz CT molecular complexity index is 519. The first kappa shape index (κ1) is 10.7. The Labute approximate surface area is 97.9 Å². The Morgan fingerprint density at radius 3 is 3.06 bits per heavy atom. The number of aromatic nitrogens is 3. The molecule has 5 nitrogen and oxygen atoms in total. The largest absolute Gasteiger partial charge is 0.486 e. The molecule has 0 aliphatic heterocycles. The van der Waals surface area contributed by atoms with Crippen molar-refractivity contribution in [3.05, 3.63) is 34.9 Å². The van der Waals surface area contributed by atoms with Gasteiger partial charge in [-0.15, -0.1) is 0 Å². The van der Waals surface area contributed by atoms with Crippen molar-refractivity contribution in [1.82, 2.24) is 15.2 Å². The molecule has 0 spiro atoms. The molecule has 2 rings (SSSR count). The van der Waals surface area contributed by atoms with Gasteiger partial charge in [0.15, 0.2) is 10.6 Å². The predicted octanol–water partition coefficient (Wildman–Crippen LogP) is 2.09. The number of H-pyrrole nitrogens is 2. The van der Waals surface area contributed by atoms with Crippen molar-refractivity contribution >= 4 is 17.9 Å². The minimum atomic E-state index is 0.361. The maximum Gasteiger partial charge on any atom is 0.192 e. The van der Waals surface area contributed by atoms with Gasteiger partial charge in [0.25, 0.3) is 0 Å². The highest BCUT2D eigenvalue weighted by atomic mass is 32.1. The van der Waals surface area contributed by atoms with E-state index in [4.69, 9.17) is 17.0 Å². The van der Waals surface area contributed by atoms with E-state index in [-0.39, 0.29) is 0 Å². The first-order chi connectivity index (χ1) is 7.78. The molecule has 0 fully saturated rings. The third kappa shape index (κ3) is 2.60. The van der Waals surface area contributed by atoms with Crippen molar-refractivity contribution in [3.63, 3.8) is 0 Å². The lowest BCUT2D eigenvalue weighted by molar-refractivity contribution is 0.296. The molecule has 0 radical (unpaired) electrons. The Kier molecular flexibility index (Phi) is 3.21. The predicted molar refractivity (Wildman–Crippen MR) is 64.1 cm³/mol. The van der Waals surface area contributed by atoms with E-state index < -0.39 is 0 Å². The molecule has 2 aromatic rings. The van der Waals surface area contributed by atoms with Crippen LogP contribution >= 0.6 is 12.2 Å². The van der Waals surface area contributed by atoms with Gasteiger partial charge in [-0.1, -0.05) is 6.07 Å². The molecule has 0 atom stereocenters. The quantitative estimate of drug-likeness (QED) is 0.711. The van der Waals surface area contributed by atoms with Gasteiger partial charge in [-0.25, -0.2) is 0 Å². The topological polar surface area (TPSA) is 65.7 Å². The first-order valence-electron chi connectivity index (χ1n) is 4.82. The highest BCUT2D eigenvalue weighted by Gasteiger charge is 1.99. The van der Waals surface area contributed by atoms with Crippen molar-refractivity contribution in [3.8, 4) is 5.75 Å². The molecule has 16 heavy (non-hydrogen) atoms. The van der Waals surface area contributed by atoms with Gasteiger partial charge in [-0.05, 0) is 24.4 Å². The van der Waals surface area contributed by atoms with Crippen molar-refractivity contribution in [2.24, 2.45) is 0 Å². The Morgan fingerprint density at radius 2 is 2.38 bits per heavy atom. The summed E-state index contributed by atoms with van der Waals surface area (Å²) < 4.78 is 6.05. The summed E-state index contributed by atoms with van der Waals surface area (Å²) in [6, 6.07) is 7.70. The van der Waals surface area contributed by atoms with Crippen molar-refractivity contribution < 1.29 is 4.74 Å². The zero-order valence-electron chi connectivity index (χ0n) is 8.78. The summed E-state index contributed by atoms with van der Waals surface area (Å²) >= 11 is 4.86. The number of hydrogen-bond donors (Lipinski definition) is 3. The molecule has 6 heteroatoms. The zero-order valence-corrected chi connectivity index (χ0v) is 9.60. The summed E-state index contributed by atoms with van der Waals surface area (Å²) in [5.41, 5.74) is 1.01. The van der Waals surface area contributed by atoms with Gasteiger partial charge in [-0.2, -0.15) is 5.10 Å². The average Bonchev–Trinajstić information content (AvgIpc) is 2.73. The standard InChI is InChI=1S/C10H12N4OS/c1-11-7-3-2-4-8(5-7)15-6-9-12-10(16)14-13-9/h2-5,11H,6H2,1H3,(H2,12,13,14,16). The minimum absolute atomic E-state index is 0.361. The monoisotopic (exact) mass is 236 g/mol. The number of ether oxygens (including phenoxy) is 1. The van der Waals surface area contributed by atoms with Crippen LogP contribution in [0.2, 0.25) is 0 Å². The summed E-state index contributed by atoms with van der Waals surface area (Å²) in [7, 11) is 1.87. The molecule has 1 aromatic carbocycles. The third-order valence-electron chi connectivity index (χ3n) is 2.05. The Balaban J connectivity index is 2.01. The van der Waals surface area contributed by atoms with E-state index in [1.165, 1.54) is 0 Å². The molecular weight excluding hydrogens is 224 g/mol. The molecule has 0 bridgehead atoms. The summed E-state index contributed by atoms with van der Waals surface area (Å²) in [6.07, 6.45) is 0. The van der Waals surface area contributed by atoms with E-state index in [0.29, 0.717) is 17.2 Å². The summed E-state index contributed by atoms with van der Waals surface area (Å²) in [5, 5.41) is 9.64. The van der Waals surface area contributed by atoms with Gasteiger partial charge in [0.05, 0.1) is 0 Å². The fourth-order valence-electron chi connectivity index (χ4n) is 1.27. The number of benzene rings is 1. The second-order valence-corrected chi connectivity index (χ2v) is 3.60. The molecule has 0 saturated heterocycles. The summed E-state index contributed by atoms with van der Waals surface area (Å²) in [5.74, 6) is 1.47. The van der Waals surface area contributed by atoms with E-state index in [0.717, 1.165) is 11.4 Å². The molecule has 0 unspecified atom stereocenters. The summed E-state index contributed by atoms with van der Waals surface area (Å²) in [4.78, 5) is 2.88. The van der Waals surface area contributed by atoms with E-state index in [9.17, 15) is 0 Å². The molecule has 0 saturated carbocycles. The van der Waals surface area contributed by atoms with Crippen LogP contribution in [0.25, 0.3) is 0 Å². The normalized spacial score (nSPS) is 10.1. The van der Waals surface area contributed by atoms with Crippen molar-refractivity contribution in [1.29, 1.82) is 0 Å². The maximum atomic E-state index is 5.55. The van der Waals surface area contributed by atoms with Crippen LogP contribution in [0, 0.1) is 4.77 Å². The van der Waals surface area contributed by atoms with E-state index in [1.54, 1.807) is 0 Å². The number of rotatable bonds is 4. The fraction of sp³-hybridized carbons (Fsp3) is 0.200. The SMILES string of the molecule is CNc1cccc(OCc2n[nH]c(=S)[nH]2)c1. The van der Waals surface area contributed by atoms with E-state index in [2.05, 4.69) is 20.5 Å². The fourth-order valence-corrected chi connectivity index (χ4v) is 1.43. The summed E-state index contributed by atoms with van der Waals surface area (Å²) in [6.45, 7) is 0.361. The Morgan fingerprint density at radius 1 is 1.50 bits per heavy atom. The molecule has 84 valence electrons. The van der Waals surface area contributed by atoms with E-state index in [1.807, 2.05) is 31.3 Å². The van der Waals surface area contributed by atoms with Crippen LogP contribution in [0.4, 0.5) is 5.69 Å². The van der Waals surface area contributed by atoms with E-state index >= 15 is 0 Å². The van der Waals surface area contributed by atoms with Gasteiger partial charge >= 0.3 is 0 Å².